The van der Waals surface area contributed by atoms with E-state index in [1.807, 2.05) is 6.92 Å². The number of hydrogen-bond acceptors (Lipinski definition) is 2. The fraction of sp³-hybridized carbons (Fsp3) is 0.176. The minimum Gasteiger partial charge on any atom is -0.377 e. The van der Waals surface area contributed by atoms with E-state index in [-0.39, 0.29) is 11.9 Å². The number of aryl methyl sites for hydroxylation is 1. The third-order valence-electron chi connectivity index (χ3n) is 3.43. The molecule has 1 unspecified atom stereocenters. The molecule has 0 fully saturated rings. The van der Waals surface area contributed by atoms with Crippen molar-refractivity contribution in [3.8, 4) is 0 Å². The van der Waals surface area contributed by atoms with Crippen LogP contribution in [0, 0.1) is 12.7 Å². The van der Waals surface area contributed by atoms with E-state index in [4.69, 9.17) is 0 Å². The van der Waals surface area contributed by atoms with Gasteiger partial charge in [0.25, 0.3) is 0 Å². The summed E-state index contributed by atoms with van der Waals surface area (Å²) < 4.78 is 14.4. The van der Waals surface area contributed by atoms with Crippen LogP contribution in [0.25, 0.3) is 10.1 Å². The van der Waals surface area contributed by atoms with Gasteiger partial charge in [0.05, 0.1) is 6.04 Å². The Labute approximate surface area is 122 Å². The van der Waals surface area contributed by atoms with Gasteiger partial charge in [-0.15, -0.1) is 11.3 Å². The third-order valence-corrected chi connectivity index (χ3v) is 4.73. The van der Waals surface area contributed by atoms with Gasteiger partial charge in [-0.3, -0.25) is 0 Å². The van der Waals surface area contributed by atoms with Crippen molar-refractivity contribution in [2.24, 2.45) is 0 Å². The van der Waals surface area contributed by atoms with Crippen molar-refractivity contribution in [1.82, 2.24) is 0 Å². The van der Waals surface area contributed by atoms with Crippen molar-refractivity contribution in [2.45, 2.75) is 19.9 Å². The summed E-state index contributed by atoms with van der Waals surface area (Å²) in [4.78, 5) is 1.29. The Hall–Kier alpha value is -1.87. The standard InChI is InChI=1S/C17H16FNS/c1-11-9-14(18)7-8-15(11)19-12(2)17-10-13-5-3-4-6-16(13)20-17/h3-10,12,19H,1-2H3. The van der Waals surface area contributed by atoms with Gasteiger partial charge in [-0.2, -0.15) is 0 Å². The maximum atomic E-state index is 13.1. The summed E-state index contributed by atoms with van der Waals surface area (Å²) in [5.41, 5.74) is 1.91. The Morgan fingerprint density at radius 1 is 1.10 bits per heavy atom. The highest BCUT2D eigenvalue weighted by Crippen LogP contribution is 2.32. The molecule has 3 heteroatoms. The Kier molecular flexibility index (Phi) is 3.45. The van der Waals surface area contributed by atoms with Gasteiger partial charge in [0.15, 0.2) is 0 Å². The molecule has 0 spiro atoms. The molecule has 0 saturated carbocycles. The van der Waals surface area contributed by atoms with Crippen LogP contribution in [-0.4, -0.2) is 0 Å². The lowest BCUT2D eigenvalue weighted by Crippen LogP contribution is -2.06. The first kappa shape index (κ1) is 13.1. The van der Waals surface area contributed by atoms with Crippen molar-refractivity contribution in [2.75, 3.05) is 5.32 Å². The summed E-state index contributed by atoms with van der Waals surface area (Å²) in [6.45, 7) is 4.05. The molecule has 0 aliphatic heterocycles. The second kappa shape index (κ2) is 5.25. The molecular weight excluding hydrogens is 269 g/mol. The number of halogens is 1. The summed E-state index contributed by atoms with van der Waals surface area (Å²) in [6.07, 6.45) is 0. The molecule has 2 aromatic carbocycles. The lowest BCUT2D eigenvalue weighted by atomic mass is 10.1. The van der Waals surface area contributed by atoms with E-state index >= 15 is 0 Å². The molecule has 0 aliphatic carbocycles. The van der Waals surface area contributed by atoms with Crippen molar-refractivity contribution < 1.29 is 4.39 Å². The quantitative estimate of drug-likeness (QED) is 0.668. The highest BCUT2D eigenvalue weighted by Gasteiger charge is 2.10. The van der Waals surface area contributed by atoms with Crippen LogP contribution in [-0.2, 0) is 0 Å². The van der Waals surface area contributed by atoms with Gasteiger partial charge in [-0.25, -0.2) is 4.39 Å². The molecule has 1 heterocycles. The monoisotopic (exact) mass is 285 g/mol. The van der Waals surface area contributed by atoms with Crippen LogP contribution in [0.1, 0.15) is 23.4 Å². The van der Waals surface area contributed by atoms with Gasteiger partial charge in [-0.1, -0.05) is 18.2 Å². The van der Waals surface area contributed by atoms with Crippen LogP contribution < -0.4 is 5.32 Å². The van der Waals surface area contributed by atoms with E-state index in [9.17, 15) is 4.39 Å². The van der Waals surface area contributed by atoms with Crippen LogP contribution in [0.15, 0.2) is 48.5 Å². The highest BCUT2D eigenvalue weighted by atomic mass is 32.1. The van der Waals surface area contributed by atoms with Crippen LogP contribution in [0.3, 0.4) is 0 Å². The minimum absolute atomic E-state index is 0.192. The van der Waals surface area contributed by atoms with Crippen LogP contribution in [0.5, 0.6) is 0 Å². The van der Waals surface area contributed by atoms with Gasteiger partial charge in [-0.05, 0) is 55.1 Å². The Bertz CT molecular complexity index is 715. The number of hydrogen-bond donors (Lipinski definition) is 1. The second-order valence-corrected chi connectivity index (χ2v) is 6.13. The molecule has 0 aliphatic rings. The molecule has 1 N–H and O–H groups in total. The zero-order valence-corrected chi connectivity index (χ0v) is 12.3. The molecule has 1 atom stereocenters. The molecular formula is C17H16FNS. The molecule has 3 rings (SSSR count). The first-order chi connectivity index (χ1) is 9.63. The second-order valence-electron chi connectivity index (χ2n) is 5.01. The maximum Gasteiger partial charge on any atom is 0.123 e. The summed E-state index contributed by atoms with van der Waals surface area (Å²) in [7, 11) is 0. The molecule has 20 heavy (non-hydrogen) atoms. The predicted octanol–water partition coefficient (Wildman–Crippen LogP) is 5.52. The number of benzene rings is 2. The fourth-order valence-electron chi connectivity index (χ4n) is 2.31. The number of rotatable bonds is 3. The van der Waals surface area contributed by atoms with Crippen LogP contribution in [0.2, 0.25) is 0 Å². The summed E-state index contributed by atoms with van der Waals surface area (Å²) in [6, 6.07) is 15.7. The van der Waals surface area contributed by atoms with Gasteiger partial charge in [0.2, 0.25) is 0 Å². The molecule has 0 bridgehead atoms. The fourth-order valence-corrected chi connectivity index (χ4v) is 3.38. The lowest BCUT2D eigenvalue weighted by molar-refractivity contribution is 0.626. The normalized spacial score (nSPS) is 12.6. The lowest BCUT2D eigenvalue weighted by Gasteiger charge is -2.15. The van der Waals surface area contributed by atoms with E-state index in [1.165, 1.54) is 21.0 Å². The zero-order chi connectivity index (χ0) is 14.1. The average molecular weight is 285 g/mol. The molecule has 1 aromatic heterocycles. The summed E-state index contributed by atoms with van der Waals surface area (Å²) >= 11 is 1.80. The number of nitrogens with one attached hydrogen (secondary N) is 1. The molecule has 1 nitrogen and oxygen atoms in total. The largest absolute Gasteiger partial charge is 0.377 e. The van der Waals surface area contributed by atoms with Gasteiger partial charge in [0.1, 0.15) is 5.82 Å². The summed E-state index contributed by atoms with van der Waals surface area (Å²) in [5, 5.41) is 4.73. The summed E-state index contributed by atoms with van der Waals surface area (Å²) in [5.74, 6) is -0.192. The minimum atomic E-state index is -0.192. The number of thiophene rings is 1. The molecule has 0 amide bonds. The number of fused-ring (bicyclic) bond motifs is 1. The van der Waals surface area contributed by atoms with Crippen LogP contribution in [0.4, 0.5) is 10.1 Å². The molecule has 102 valence electrons. The van der Waals surface area contributed by atoms with E-state index in [1.54, 1.807) is 23.5 Å². The van der Waals surface area contributed by atoms with E-state index in [0.717, 1.165) is 11.3 Å². The van der Waals surface area contributed by atoms with Gasteiger partial charge in [0, 0.05) is 15.3 Å². The van der Waals surface area contributed by atoms with Gasteiger partial charge < -0.3 is 5.32 Å². The zero-order valence-electron chi connectivity index (χ0n) is 11.5. The predicted molar refractivity (Wildman–Crippen MR) is 85.0 cm³/mol. The molecule has 3 aromatic rings. The average Bonchev–Trinajstić information content (AvgIpc) is 2.86. The van der Waals surface area contributed by atoms with E-state index < -0.39 is 0 Å². The first-order valence-electron chi connectivity index (χ1n) is 6.64. The van der Waals surface area contributed by atoms with Crippen LogP contribution >= 0.6 is 11.3 Å². The Morgan fingerprint density at radius 2 is 1.90 bits per heavy atom. The molecule has 0 radical (unpaired) electrons. The van der Waals surface area contributed by atoms with E-state index in [2.05, 4.69) is 42.6 Å². The Morgan fingerprint density at radius 3 is 2.65 bits per heavy atom. The SMILES string of the molecule is Cc1cc(F)ccc1NC(C)c1cc2ccccc2s1. The Balaban J connectivity index is 1.86. The van der Waals surface area contributed by atoms with Crippen molar-refractivity contribution in [1.29, 1.82) is 0 Å². The van der Waals surface area contributed by atoms with Crippen molar-refractivity contribution in [3.63, 3.8) is 0 Å². The van der Waals surface area contributed by atoms with Crippen molar-refractivity contribution in [3.05, 3.63) is 64.8 Å². The smallest absolute Gasteiger partial charge is 0.123 e. The van der Waals surface area contributed by atoms with E-state index in [0.29, 0.717) is 0 Å². The van der Waals surface area contributed by atoms with Crippen molar-refractivity contribution >= 4 is 27.1 Å². The third kappa shape index (κ3) is 2.54. The molecule has 0 saturated heterocycles. The highest BCUT2D eigenvalue weighted by molar-refractivity contribution is 7.19. The maximum absolute atomic E-state index is 13.1. The number of anilines is 1. The van der Waals surface area contributed by atoms with Gasteiger partial charge >= 0.3 is 0 Å². The topological polar surface area (TPSA) is 12.0 Å². The first-order valence-corrected chi connectivity index (χ1v) is 7.46.